The highest BCUT2D eigenvalue weighted by molar-refractivity contribution is 9.11. The van der Waals surface area contributed by atoms with Crippen molar-refractivity contribution in [1.29, 1.82) is 0 Å². The van der Waals surface area contributed by atoms with Gasteiger partial charge in [-0.2, -0.15) is 0 Å². The van der Waals surface area contributed by atoms with E-state index in [0.29, 0.717) is 36.1 Å². The summed E-state index contributed by atoms with van der Waals surface area (Å²) in [5, 5.41) is 11.8. The number of fused-ring (bicyclic) bond motifs is 4. The van der Waals surface area contributed by atoms with E-state index in [9.17, 15) is 9.59 Å². The lowest BCUT2D eigenvalue weighted by molar-refractivity contribution is 1.67. The van der Waals surface area contributed by atoms with Crippen LogP contribution in [0.25, 0.3) is 75.4 Å². The van der Waals surface area contributed by atoms with Gasteiger partial charge in [0.05, 0.1) is 0 Å². The van der Waals surface area contributed by atoms with Crippen LogP contribution in [0.2, 0.25) is 10.0 Å². The molecule has 0 N–H and O–H groups in total. The highest BCUT2D eigenvalue weighted by Crippen LogP contribution is 2.50. The van der Waals surface area contributed by atoms with Gasteiger partial charge in [-0.25, -0.2) is 0 Å². The maximum atomic E-state index is 13.9. The van der Waals surface area contributed by atoms with E-state index >= 15 is 0 Å². The van der Waals surface area contributed by atoms with Crippen molar-refractivity contribution < 1.29 is 0 Å². The van der Waals surface area contributed by atoms with Gasteiger partial charge in [0.1, 0.15) is 0 Å². The van der Waals surface area contributed by atoms with E-state index < -0.39 is 0 Å². The topological polar surface area (TPSA) is 34.1 Å². The number of halogens is 5. The molecular formula is C30H9Br3Cl2O2. The minimum atomic E-state index is -0.0988. The van der Waals surface area contributed by atoms with E-state index in [2.05, 4.69) is 53.9 Å². The van der Waals surface area contributed by atoms with Crippen LogP contribution in [0.4, 0.5) is 0 Å². The molecule has 0 saturated heterocycles. The molecule has 0 radical (unpaired) electrons. The smallest absolute Gasteiger partial charge is 0.195 e. The highest BCUT2D eigenvalue weighted by Gasteiger charge is 2.25. The van der Waals surface area contributed by atoms with Crippen LogP contribution in [-0.2, 0) is 0 Å². The molecule has 0 unspecified atom stereocenters. The lowest BCUT2D eigenvalue weighted by Gasteiger charge is -2.21. The van der Waals surface area contributed by atoms with Crippen LogP contribution in [0.5, 0.6) is 0 Å². The van der Waals surface area contributed by atoms with Crippen molar-refractivity contribution in [2.24, 2.45) is 0 Å². The van der Waals surface area contributed by atoms with E-state index in [1.807, 2.05) is 36.4 Å². The Bertz CT molecular complexity index is 2450. The second-order valence-electron chi connectivity index (χ2n) is 9.36. The van der Waals surface area contributed by atoms with Crippen molar-refractivity contribution in [2.75, 3.05) is 0 Å². The van der Waals surface area contributed by atoms with Gasteiger partial charge in [-0.3, -0.25) is 9.59 Å². The second kappa shape index (κ2) is 7.43. The summed E-state index contributed by atoms with van der Waals surface area (Å²) >= 11 is 24.8. The maximum absolute atomic E-state index is 13.9. The zero-order valence-corrected chi connectivity index (χ0v) is 24.7. The van der Waals surface area contributed by atoms with Gasteiger partial charge in [0, 0.05) is 88.1 Å². The normalized spacial score (nSPS) is 12.7. The summed E-state index contributed by atoms with van der Waals surface area (Å²) in [6.07, 6.45) is 0. The van der Waals surface area contributed by atoms with Gasteiger partial charge in [0.15, 0.2) is 10.9 Å². The Balaban J connectivity index is 1.84. The first kappa shape index (κ1) is 22.7. The summed E-state index contributed by atoms with van der Waals surface area (Å²) in [6, 6.07) is 17.1. The molecule has 8 aromatic carbocycles. The molecule has 176 valence electrons. The second-order valence-corrected chi connectivity index (χ2v) is 12.7. The number of benzene rings is 8. The average molecular weight is 712 g/mol. The van der Waals surface area contributed by atoms with Crippen LogP contribution in [0, 0.1) is 0 Å². The number of hydrogen-bond acceptors (Lipinski definition) is 2. The Morgan fingerprint density at radius 1 is 0.432 bits per heavy atom. The highest BCUT2D eigenvalue weighted by atomic mass is 79.9. The molecule has 0 heterocycles. The fourth-order valence-electron chi connectivity index (χ4n) is 6.18. The molecule has 0 aromatic heterocycles. The SMILES string of the molecule is O=c1c2cccc(Br)c2c2cc3c(Cl)cc4c(=O)c5c(Br)ccc(Br)c5c5cc6c(Cl)cc1c2c6c3c45. The molecule has 0 aliphatic carbocycles. The average Bonchev–Trinajstić information content (AvgIpc) is 2.88. The van der Waals surface area contributed by atoms with Gasteiger partial charge >= 0.3 is 0 Å². The molecular weight excluding hydrogens is 703 g/mol. The van der Waals surface area contributed by atoms with Crippen molar-refractivity contribution in [3.05, 3.63) is 98.5 Å². The molecule has 0 fully saturated rings. The van der Waals surface area contributed by atoms with Crippen molar-refractivity contribution in [1.82, 2.24) is 0 Å². The summed E-state index contributed by atoms with van der Waals surface area (Å²) < 4.78 is 2.37. The third-order valence-corrected chi connectivity index (χ3v) is 10.2. The fraction of sp³-hybridized carbons (Fsp3) is 0. The predicted octanol–water partition coefficient (Wildman–Crippen LogP) is 10.4. The van der Waals surface area contributed by atoms with Crippen LogP contribution in [0.15, 0.2) is 77.6 Å². The molecule has 0 aliphatic heterocycles. The van der Waals surface area contributed by atoms with Crippen molar-refractivity contribution in [3.8, 4) is 0 Å². The molecule has 7 heteroatoms. The zero-order valence-electron chi connectivity index (χ0n) is 18.4. The van der Waals surface area contributed by atoms with Gasteiger partial charge in [0.25, 0.3) is 0 Å². The quantitative estimate of drug-likeness (QED) is 0.116. The Morgan fingerprint density at radius 2 is 0.946 bits per heavy atom. The molecule has 0 bridgehead atoms. The van der Waals surface area contributed by atoms with Gasteiger partial charge in [-0.1, -0.05) is 83.1 Å². The summed E-state index contributed by atoms with van der Waals surface area (Å²) in [5.41, 5.74) is -0.173. The van der Waals surface area contributed by atoms with E-state index in [0.717, 1.165) is 62.8 Å². The summed E-state index contributed by atoms with van der Waals surface area (Å²) in [5.74, 6) is 0. The summed E-state index contributed by atoms with van der Waals surface area (Å²) in [4.78, 5) is 27.6. The summed E-state index contributed by atoms with van der Waals surface area (Å²) in [6.45, 7) is 0. The van der Waals surface area contributed by atoms with Crippen LogP contribution in [0.3, 0.4) is 0 Å². The molecule has 8 aromatic rings. The molecule has 0 amide bonds. The van der Waals surface area contributed by atoms with Crippen LogP contribution in [-0.4, -0.2) is 0 Å². The lowest BCUT2D eigenvalue weighted by atomic mass is 9.84. The molecule has 0 saturated carbocycles. The first-order valence-corrected chi connectivity index (χ1v) is 14.5. The monoisotopic (exact) mass is 708 g/mol. The first-order chi connectivity index (χ1) is 17.8. The minimum absolute atomic E-state index is 0.0737. The lowest BCUT2D eigenvalue weighted by Crippen LogP contribution is -2.07. The fourth-order valence-corrected chi connectivity index (χ4v) is 8.33. The van der Waals surface area contributed by atoms with Gasteiger partial charge in [-0.15, -0.1) is 0 Å². The largest absolute Gasteiger partial charge is 0.289 e. The molecule has 8 rings (SSSR count). The standard InChI is InChI=1S/C30H9Br3Cl2O2/c31-17-3-1-2-10-22(17)13-6-11-21(35)9-16-24-14(25-18(32)4-5-19(33)28(25)30(16)37)7-12-20(34)8-15(29(10)36)23(13)26(12)27(11)24/h1-9H. The van der Waals surface area contributed by atoms with Crippen LogP contribution in [0.1, 0.15) is 0 Å². The van der Waals surface area contributed by atoms with Crippen LogP contribution < -0.4 is 10.9 Å². The van der Waals surface area contributed by atoms with Crippen molar-refractivity contribution in [2.45, 2.75) is 0 Å². The molecule has 0 spiro atoms. The number of rotatable bonds is 0. The number of hydrogen-bond donors (Lipinski definition) is 0. The third kappa shape index (κ3) is 2.67. The van der Waals surface area contributed by atoms with Gasteiger partial charge in [-0.05, 0) is 53.2 Å². The van der Waals surface area contributed by atoms with E-state index in [1.165, 1.54) is 0 Å². The van der Waals surface area contributed by atoms with Crippen molar-refractivity contribution >= 4 is 146 Å². The first-order valence-electron chi connectivity index (χ1n) is 11.3. The van der Waals surface area contributed by atoms with E-state index in [1.54, 1.807) is 12.1 Å². The zero-order chi connectivity index (χ0) is 25.5. The minimum Gasteiger partial charge on any atom is -0.289 e. The van der Waals surface area contributed by atoms with E-state index in [4.69, 9.17) is 23.2 Å². The Hall–Kier alpha value is -2.28. The predicted molar refractivity (Wildman–Crippen MR) is 168 cm³/mol. The Kier molecular flexibility index (Phi) is 4.55. The van der Waals surface area contributed by atoms with Crippen molar-refractivity contribution in [3.63, 3.8) is 0 Å². The molecule has 0 aliphatic rings. The molecule has 37 heavy (non-hydrogen) atoms. The van der Waals surface area contributed by atoms with Gasteiger partial charge < -0.3 is 0 Å². The third-order valence-electron chi connectivity index (χ3n) is 7.62. The maximum Gasteiger partial charge on any atom is 0.195 e. The molecule has 0 atom stereocenters. The Labute approximate surface area is 243 Å². The Morgan fingerprint density at radius 3 is 1.57 bits per heavy atom. The van der Waals surface area contributed by atoms with Gasteiger partial charge in [0.2, 0.25) is 0 Å². The van der Waals surface area contributed by atoms with Crippen LogP contribution >= 0.6 is 71.0 Å². The van der Waals surface area contributed by atoms with E-state index in [-0.39, 0.29) is 10.9 Å². The molecule has 2 nitrogen and oxygen atoms in total. The summed E-state index contributed by atoms with van der Waals surface area (Å²) in [7, 11) is 0.